The van der Waals surface area contributed by atoms with Crippen LogP contribution in [0.5, 0.6) is 0 Å². The molecule has 256 valence electrons. The van der Waals surface area contributed by atoms with E-state index in [4.69, 9.17) is 20.2 Å². The number of nitrogens with one attached hydrogen (secondary N) is 1. The average Bonchev–Trinajstić information content (AvgIpc) is 3.68. The van der Waals surface area contributed by atoms with Gasteiger partial charge in [0.2, 0.25) is 5.96 Å². The minimum absolute atomic E-state index is 0.0501. The van der Waals surface area contributed by atoms with Crippen molar-refractivity contribution in [3.05, 3.63) is 35.7 Å². The first-order chi connectivity index (χ1) is 22.3. The van der Waals surface area contributed by atoms with E-state index in [2.05, 4.69) is 21.8 Å². The van der Waals surface area contributed by atoms with Crippen molar-refractivity contribution in [2.75, 3.05) is 43.9 Å². The van der Waals surface area contributed by atoms with Crippen LogP contribution >= 0.6 is 0 Å². The zero-order chi connectivity index (χ0) is 33.9. The molecule has 1 saturated carbocycles. The number of hydrogen-bond acceptors (Lipinski definition) is 7. The summed E-state index contributed by atoms with van der Waals surface area (Å²) in [5.74, 6) is 1.30. The average molecular weight is 651 g/mol. The monoisotopic (exact) mass is 650 g/mol. The number of nitrogens with zero attached hydrogens (tertiary/aromatic N) is 6. The van der Waals surface area contributed by atoms with Crippen molar-refractivity contribution >= 4 is 41.4 Å². The molecule has 2 saturated heterocycles. The summed E-state index contributed by atoms with van der Waals surface area (Å²) in [6.45, 7) is 9.02. The highest BCUT2D eigenvalue weighted by Crippen LogP contribution is 2.39. The number of aromatic nitrogens is 2. The molecule has 2 aliphatic heterocycles. The molecule has 3 aliphatic rings. The Morgan fingerprint density at radius 1 is 1.17 bits per heavy atom. The molecular weight excluding hydrogens is 600 g/mol. The lowest BCUT2D eigenvalue weighted by atomic mass is 9.95. The van der Waals surface area contributed by atoms with E-state index in [-0.39, 0.29) is 24.0 Å². The molecule has 13 nitrogen and oxygen atoms in total. The summed E-state index contributed by atoms with van der Waals surface area (Å²) in [6.07, 6.45) is 8.62. The molecular formula is C34H50N8O5. The van der Waals surface area contributed by atoms with Crippen LogP contribution in [0.1, 0.15) is 101 Å². The van der Waals surface area contributed by atoms with Crippen LogP contribution in [0.4, 0.5) is 26.9 Å². The number of guanidine groups is 1. The topological polar surface area (TPSA) is 148 Å². The van der Waals surface area contributed by atoms with E-state index < -0.39 is 17.3 Å². The minimum atomic E-state index is -0.681. The van der Waals surface area contributed by atoms with Gasteiger partial charge in [-0.2, -0.15) is 4.99 Å². The van der Waals surface area contributed by atoms with E-state index >= 15 is 0 Å². The van der Waals surface area contributed by atoms with Gasteiger partial charge in [-0.15, -0.1) is 0 Å². The zero-order valence-corrected chi connectivity index (χ0v) is 28.7. The van der Waals surface area contributed by atoms with E-state index in [1.54, 1.807) is 47.1 Å². The lowest BCUT2D eigenvalue weighted by Crippen LogP contribution is -2.39. The number of ether oxygens (including phenoxy) is 2. The number of aryl methyl sites for hydroxylation is 1. The molecule has 3 N–H and O–H groups in total. The largest absolute Gasteiger partial charge is 0.444 e. The van der Waals surface area contributed by atoms with E-state index in [0.29, 0.717) is 61.9 Å². The van der Waals surface area contributed by atoms with Crippen LogP contribution in [0.15, 0.2) is 29.4 Å². The quantitative estimate of drug-likeness (QED) is 0.281. The molecule has 3 amide bonds. The zero-order valence-electron chi connectivity index (χ0n) is 28.7. The van der Waals surface area contributed by atoms with Crippen molar-refractivity contribution in [2.24, 2.45) is 10.7 Å². The number of aliphatic imine (C=N–C) groups is 1. The fourth-order valence-electron chi connectivity index (χ4n) is 6.72. The van der Waals surface area contributed by atoms with Gasteiger partial charge in [0.1, 0.15) is 28.5 Å². The van der Waals surface area contributed by atoms with Gasteiger partial charge in [-0.25, -0.2) is 14.6 Å². The number of anilines is 2. The molecule has 1 spiro atoms. The molecule has 47 heavy (non-hydrogen) atoms. The molecule has 1 atom stereocenters. The molecule has 2 aromatic heterocycles. The van der Waals surface area contributed by atoms with Crippen molar-refractivity contribution in [2.45, 2.75) is 103 Å². The molecule has 0 radical (unpaired) electrons. The second kappa shape index (κ2) is 13.8. The smallest absolute Gasteiger partial charge is 0.415 e. The van der Waals surface area contributed by atoms with Gasteiger partial charge in [0.25, 0.3) is 5.91 Å². The fourth-order valence-corrected chi connectivity index (χ4v) is 6.72. The highest BCUT2D eigenvalue weighted by molar-refractivity contribution is 5.96. The molecule has 13 heteroatoms. The van der Waals surface area contributed by atoms with Gasteiger partial charge in [0.05, 0.1) is 18.4 Å². The van der Waals surface area contributed by atoms with Crippen molar-refractivity contribution in [1.29, 1.82) is 0 Å². The summed E-state index contributed by atoms with van der Waals surface area (Å²) in [5.41, 5.74) is 7.42. The van der Waals surface area contributed by atoms with Gasteiger partial charge in [-0.05, 0) is 76.6 Å². The molecule has 0 aromatic carbocycles. The fraction of sp³-hybridized carbons (Fsp3) is 0.618. The van der Waals surface area contributed by atoms with Crippen LogP contribution in [-0.2, 0) is 15.9 Å². The van der Waals surface area contributed by atoms with Crippen LogP contribution in [0.2, 0.25) is 0 Å². The predicted molar refractivity (Wildman–Crippen MR) is 181 cm³/mol. The summed E-state index contributed by atoms with van der Waals surface area (Å²) in [6, 6.07) is 5.71. The van der Waals surface area contributed by atoms with E-state index in [1.807, 2.05) is 26.8 Å². The Kier molecular flexibility index (Phi) is 10.0. The number of carbonyl (C=O) groups is 3. The third kappa shape index (κ3) is 7.82. The van der Waals surface area contributed by atoms with Crippen LogP contribution in [0.3, 0.4) is 0 Å². The van der Waals surface area contributed by atoms with Crippen molar-refractivity contribution in [3.8, 4) is 0 Å². The Labute approximate surface area is 277 Å². The van der Waals surface area contributed by atoms with Crippen LogP contribution in [0.25, 0.3) is 0 Å². The summed E-state index contributed by atoms with van der Waals surface area (Å²) in [4.78, 5) is 53.1. The Morgan fingerprint density at radius 2 is 1.91 bits per heavy atom. The molecule has 1 aliphatic carbocycles. The predicted octanol–water partition coefficient (Wildman–Crippen LogP) is 5.83. The van der Waals surface area contributed by atoms with Gasteiger partial charge in [-0.1, -0.05) is 26.2 Å². The molecule has 3 fully saturated rings. The Balaban J connectivity index is 1.29. The Bertz CT molecular complexity index is 1490. The second-order valence-electron chi connectivity index (χ2n) is 14.1. The van der Waals surface area contributed by atoms with Crippen molar-refractivity contribution in [3.63, 3.8) is 0 Å². The first kappa shape index (κ1) is 34.1. The van der Waals surface area contributed by atoms with Gasteiger partial charge < -0.3 is 34.9 Å². The molecule has 5 rings (SSSR count). The van der Waals surface area contributed by atoms with Gasteiger partial charge in [0, 0.05) is 39.6 Å². The first-order valence-corrected chi connectivity index (χ1v) is 16.8. The Hall–Kier alpha value is -4.29. The lowest BCUT2D eigenvalue weighted by Gasteiger charge is -2.27. The summed E-state index contributed by atoms with van der Waals surface area (Å²) in [7, 11) is 3.53. The van der Waals surface area contributed by atoms with Crippen LogP contribution in [0, 0.1) is 0 Å². The number of carbonyl (C=O) groups excluding carboxylic acids is 3. The maximum atomic E-state index is 13.2. The summed E-state index contributed by atoms with van der Waals surface area (Å²) >= 11 is 0. The highest BCUT2D eigenvalue weighted by atomic mass is 16.6. The third-order valence-corrected chi connectivity index (χ3v) is 8.98. The number of rotatable bonds is 7. The number of amides is 3. The second-order valence-corrected chi connectivity index (χ2v) is 14.1. The van der Waals surface area contributed by atoms with E-state index in [1.165, 1.54) is 0 Å². The maximum Gasteiger partial charge on any atom is 0.415 e. The molecule has 2 aromatic rings. The van der Waals surface area contributed by atoms with Crippen LogP contribution in [-0.4, -0.2) is 88.3 Å². The van der Waals surface area contributed by atoms with E-state index in [9.17, 15) is 14.4 Å². The number of nitrogens with two attached hydrogens (primary N) is 1. The van der Waals surface area contributed by atoms with Crippen molar-refractivity contribution < 1.29 is 23.9 Å². The Morgan fingerprint density at radius 3 is 2.55 bits per heavy atom. The highest BCUT2D eigenvalue weighted by Gasteiger charge is 2.47. The SMILES string of the molecule is CCCc1cc(C(=O)N(C)C)n(C2CCCC2)c1N=C(N)Nc1ccc(N2C[C@@]3(CCCN(C(=O)OC(C)(C)C)CC3)OC2=O)cn1. The van der Waals surface area contributed by atoms with Gasteiger partial charge >= 0.3 is 12.2 Å². The standard InChI is InChI=1S/C34H50N8O5/c1-7-11-23-20-26(29(43)39(5)6)42(24-12-8-9-13-24)28(23)38-30(35)37-27-15-14-25(21-36-27)41-22-34(47-32(41)45)16-10-18-40(19-17-34)31(44)46-33(2,3)4/h14-15,20-21,24H,7-13,16-19,22H2,1-6H3,(H3,35,36,37,38)/t34-/m0/s1. The normalized spacial score (nSPS) is 20.8. The summed E-state index contributed by atoms with van der Waals surface area (Å²) < 4.78 is 13.6. The summed E-state index contributed by atoms with van der Waals surface area (Å²) in [5, 5.41) is 3.09. The minimum Gasteiger partial charge on any atom is -0.444 e. The van der Waals surface area contributed by atoms with Crippen molar-refractivity contribution in [1.82, 2.24) is 19.4 Å². The first-order valence-electron chi connectivity index (χ1n) is 16.8. The van der Waals surface area contributed by atoms with Gasteiger partial charge in [-0.3, -0.25) is 9.69 Å². The van der Waals surface area contributed by atoms with Gasteiger partial charge in [0.15, 0.2) is 0 Å². The molecule has 0 bridgehead atoms. The third-order valence-electron chi connectivity index (χ3n) is 8.98. The molecule has 4 heterocycles. The van der Waals surface area contributed by atoms with Crippen LogP contribution < -0.4 is 16.0 Å². The number of likely N-dealkylation sites (tertiary alicyclic amines) is 1. The maximum absolute atomic E-state index is 13.2. The number of pyridine rings is 1. The lowest BCUT2D eigenvalue weighted by molar-refractivity contribution is 0.0217. The molecule has 0 unspecified atom stereocenters. The number of hydrogen-bond donors (Lipinski definition) is 2. The van der Waals surface area contributed by atoms with E-state index in [0.717, 1.165) is 44.1 Å².